The number of aliphatic carboxylic acids is 1. The van der Waals surface area contributed by atoms with Crippen molar-refractivity contribution >= 4 is 12.0 Å². The summed E-state index contributed by atoms with van der Waals surface area (Å²) in [6.45, 7) is 2.54. The summed E-state index contributed by atoms with van der Waals surface area (Å²) in [6, 6.07) is -0.231. The van der Waals surface area contributed by atoms with Gasteiger partial charge in [0.1, 0.15) is 0 Å². The van der Waals surface area contributed by atoms with Crippen LogP contribution in [0.2, 0.25) is 0 Å². The highest BCUT2D eigenvalue weighted by Gasteiger charge is 2.44. The van der Waals surface area contributed by atoms with E-state index in [0.29, 0.717) is 18.9 Å². The smallest absolute Gasteiger partial charge is 0.332 e. The topological polar surface area (TPSA) is 87.7 Å². The van der Waals surface area contributed by atoms with Crippen LogP contribution in [0.15, 0.2) is 0 Å². The van der Waals surface area contributed by atoms with Crippen molar-refractivity contribution in [2.75, 3.05) is 13.2 Å². The predicted molar refractivity (Wildman–Crippen MR) is 73.5 cm³/mol. The van der Waals surface area contributed by atoms with Gasteiger partial charge in [0.25, 0.3) is 0 Å². The Kier molecular flexibility index (Phi) is 4.86. The molecular formula is C14H24N2O4. The first-order valence-electron chi connectivity index (χ1n) is 7.47. The van der Waals surface area contributed by atoms with Crippen LogP contribution in [0.5, 0.6) is 0 Å². The van der Waals surface area contributed by atoms with Gasteiger partial charge in [0, 0.05) is 19.1 Å². The molecular weight excluding hydrogens is 260 g/mol. The molecule has 0 aromatic carbocycles. The maximum absolute atomic E-state index is 12.1. The molecule has 114 valence electrons. The fourth-order valence-corrected chi connectivity index (χ4v) is 3.19. The van der Waals surface area contributed by atoms with Crippen LogP contribution in [0.4, 0.5) is 4.79 Å². The Hall–Kier alpha value is -1.30. The Labute approximate surface area is 119 Å². The lowest BCUT2D eigenvalue weighted by Crippen LogP contribution is -2.59. The largest absolute Gasteiger partial charge is 0.479 e. The Balaban J connectivity index is 1.92. The first-order chi connectivity index (χ1) is 9.57. The van der Waals surface area contributed by atoms with Crippen molar-refractivity contribution in [2.45, 2.75) is 57.0 Å². The third-order valence-electron chi connectivity index (χ3n) is 4.53. The van der Waals surface area contributed by atoms with Crippen LogP contribution in [-0.2, 0) is 9.53 Å². The summed E-state index contributed by atoms with van der Waals surface area (Å²) in [6.07, 6.45) is 5.80. The quantitative estimate of drug-likeness (QED) is 0.730. The van der Waals surface area contributed by atoms with E-state index in [4.69, 9.17) is 4.74 Å². The van der Waals surface area contributed by atoms with E-state index in [1.54, 1.807) is 0 Å². The second-order valence-corrected chi connectivity index (χ2v) is 5.85. The Bertz CT molecular complexity index is 366. The molecule has 3 unspecified atom stereocenters. The van der Waals surface area contributed by atoms with Crippen molar-refractivity contribution in [3.8, 4) is 0 Å². The monoisotopic (exact) mass is 284 g/mol. The van der Waals surface area contributed by atoms with Crippen molar-refractivity contribution in [3.63, 3.8) is 0 Å². The third-order valence-corrected chi connectivity index (χ3v) is 4.53. The molecule has 0 bridgehead atoms. The predicted octanol–water partition coefficient (Wildman–Crippen LogP) is 1.50. The molecule has 0 radical (unpaired) electrons. The van der Waals surface area contributed by atoms with Gasteiger partial charge in [-0.25, -0.2) is 9.59 Å². The number of carboxylic acids is 1. The fourth-order valence-electron chi connectivity index (χ4n) is 3.19. The minimum atomic E-state index is -1.26. The maximum atomic E-state index is 12.1. The molecule has 2 amide bonds. The van der Waals surface area contributed by atoms with Crippen LogP contribution in [0, 0.1) is 5.92 Å². The van der Waals surface area contributed by atoms with Gasteiger partial charge in [-0.15, -0.1) is 0 Å². The van der Waals surface area contributed by atoms with Crippen LogP contribution in [0.25, 0.3) is 0 Å². The summed E-state index contributed by atoms with van der Waals surface area (Å²) in [4.78, 5) is 23.4. The molecule has 1 saturated heterocycles. The molecule has 3 atom stereocenters. The minimum Gasteiger partial charge on any atom is -0.479 e. The van der Waals surface area contributed by atoms with Gasteiger partial charge in [0.2, 0.25) is 0 Å². The summed E-state index contributed by atoms with van der Waals surface area (Å²) in [5, 5.41) is 14.9. The molecule has 1 saturated carbocycles. The van der Waals surface area contributed by atoms with E-state index < -0.39 is 11.5 Å². The van der Waals surface area contributed by atoms with Gasteiger partial charge in [-0.05, 0) is 18.8 Å². The normalized spacial score (nSPS) is 33.6. The molecule has 2 fully saturated rings. The first-order valence-corrected chi connectivity index (χ1v) is 7.47. The molecule has 1 heterocycles. The molecule has 0 aromatic rings. The molecule has 0 aromatic heterocycles. The Morgan fingerprint density at radius 1 is 1.35 bits per heavy atom. The summed E-state index contributed by atoms with van der Waals surface area (Å²) in [5.74, 6) is -0.532. The number of hydrogen-bond donors (Lipinski definition) is 3. The highest BCUT2D eigenvalue weighted by atomic mass is 16.5. The summed E-state index contributed by atoms with van der Waals surface area (Å²) < 4.78 is 5.13. The van der Waals surface area contributed by atoms with E-state index in [1.165, 1.54) is 6.42 Å². The molecule has 3 N–H and O–H groups in total. The van der Waals surface area contributed by atoms with Crippen molar-refractivity contribution in [2.24, 2.45) is 5.92 Å². The van der Waals surface area contributed by atoms with Crippen molar-refractivity contribution < 1.29 is 19.4 Å². The molecule has 0 spiro atoms. The van der Waals surface area contributed by atoms with E-state index in [1.807, 2.05) is 0 Å². The number of rotatable bonds is 4. The summed E-state index contributed by atoms with van der Waals surface area (Å²) in [5.41, 5.74) is -1.26. The van der Waals surface area contributed by atoms with Gasteiger partial charge in [0.05, 0.1) is 6.61 Å². The van der Waals surface area contributed by atoms with Gasteiger partial charge in [0.15, 0.2) is 5.54 Å². The lowest BCUT2D eigenvalue weighted by molar-refractivity contribution is -0.144. The third kappa shape index (κ3) is 3.23. The van der Waals surface area contributed by atoms with Crippen LogP contribution < -0.4 is 10.6 Å². The second kappa shape index (κ2) is 6.43. The van der Waals surface area contributed by atoms with E-state index in [0.717, 1.165) is 25.7 Å². The van der Waals surface area contributed by atoms with Crippen LogP contribution in [0.3, 0.4) is 0 Å². The number of ether oxygens (including phenoxy) is 1. The van der Waals surface area contributed by atoms with Gasteiger partial charge in [-0.2, -0.15) is 0 Å². The maximum Gasteiger partial charge on any atom is 0.332 e. The highest BCUT2D eigenvalue weighted by Crippen LogP contribution is 2.27. The average Bonchev–Trinajstić information content (AvgIpc) is 2.89. The average molecular weight is 284 g/mol. The summed E-state index contributed by atoms with van der Waals surface area (Å²) >= 11 is 0. The van der Waals surface area contributed by atoms with E-state index in [-0.39, 0.29) is 18.7 Å². The second-order valence-electron chi connectivity index (χ2n) is 5.85. The lowest BCUT2D eigenvalue weighted by Gasteiger charge is -2.33. The van der Waals surface area contributed by atoms with E-state index in [2.05, 4.69) is 17.6 Å². The first kappa shape index (κ1) is 15.1. The minimum absolute atomic E-state index is 0.0393. The SMILES string of the molecule is CCC1CCCCC1NC(=O)NC1(C(=O)O)CCOC1. The fraction of sp³-hybridized carbons (Fsp3) is 0.857. The number of carbonyl (C=O) groups excluding carboxylic acids is 1. The van der Waals surface area contributed by atoms with Crippen LogP contribution in [0.1, 0.15) is 45.4 Å². The van der Waals surface area contributed by atoms with Crippen molar-refractivity contribution in [1.29, 1.82) is 0 Å². The molecule has 1 aliphatic heterocycles. The standard InChI is InChI=1S/C14H24N2O4/c1-2-10-5-3-4-6-11(10)15-13(19)16-14(12(17)18)7-8-20-9-14/h10-11H,2-9H2,1H3,(H,17,18)(H2,15,16,19). The van der Waals surface area contributed by atoms with Gasteiger partial charge >= 0.3 is 12.0 Å². The number of amides is 2. The van der Waals surface area contributed by atoms with Gasteiger partial charge in [-0.1, -0.05) is 26.2 Å². The zero-order valence-corrected chi connectivity index (χ0v) is 12.0. The lowest BCUT2D eigenvalue weighted by atomic mass is 9.83. The van der Waals surface area contributed by atoms with Crippen LogP contribution >= 0.6 is 0 Å². The molecule has 1 aliphatic carbocycles. The number of carbonyl (C=O) groups is 2. The van der Waals surface area contributed by atoms with Gasteiger partial charge in [-0.3, -0.25) is 0 Å². The molecule has 2 rings (SSSR count). The van der Waals surface area contributed by atoms with Crippen molar-refractivity contribution in [3.05, 3.63) is 0 Å². The van der Waals surface area contributed by atoms with Crippen molar-refractivity contribution in [1.82, 2.24) is 10.6 Å². The van der Waals surface area contributed by atoms with E-state index >= 15 is 0 Å². The van der Waals surface area contributed by atoms with E-state index in [9.17, 15) is 14.7 Å². The Morgan fingerprint density at radius 3 is 2.70 bits per heavy atom. The zero-order chi connectivity index (χ0) is 14.6. The van der Waals surface area contributed by atoms with Gasteiger partial charge < -0.3 is 20.5 Å². The zero-order valence-electron chi connectivity index (χ0n) is 12.0. The molecule has 6 nitrogen and oxygen atoms in total. The molecule has 6 heteroatoms. The molecule has 20 heavy (non-hydrogen) atoms. The summed E-state index contributed by atoms with van der Waals surface area (Å²) in [7, 11) is 0. The Morgan fingerprint density at radius 2 is 2.10 bits per heavy atom. The highest BCUT2D eigenvalue weighted by molar-refractivity contribution is 5.86. The number of urea groups is 1. The number of hydrogen-bond acceptors (Lipinski definition) is 3. The van der Waals surface area contributed by atoms with Crippen LogP contribution in [-0.4, -0.2) is 41.9 Å². The molecule has 2 aliphatic rings. The number of carboxylic acid groups (broad SMARTS) is 1. The number of nitrogens with one attached hydrogen (secondary N) is 2.